The quantitative estimate of drug-likeness (QED) is 0.535. The van der Waals surface area contributed by atoms with E-state index < -0.39 is 0 Å². The normalized spacial score (nSPS) is 20.5. The second-order valence-corrected chi connectivity index (χ2v) is 3.60. The Morgan fingerprint density at radius 3 is 2.50 bits per heavy atom. The van der Waals surface area contributed by atoms with Gasteiger partial charge in [0, 0.05) is 25.8 Å². The highest BCUT2D eigenvalue weighted by molar-refractivity contribution is 4.77. The smallest absolute Gasteiger partial charge is 0.0472 e. The first kappa shape index (κ1) is 9.96. The first-order valence-corrected chi connectivity index (χ1v) is 4.82. The Morgan fingerprint density at radius 2 is 2.08 bits per heavy atom. The lowest BCUT2D eigenvalue weighted by atomic mass is 9.92. The molecular weight excluding hydrogens is 154 g/mol. The van der Waals surface area contributed by atoms with Crippen molar-refractivity contribution >= 4 is 0 Å². The fraction of sp³-hybridized carbons (Fsp3) is 1.00. The zero-order chi connectivity index (χ0) is 8.81. The number of hydrogen-bond acceptors (Lipinski definition) is 3. The first-order chi connectivity index (χ1) is 5.86. The highest BCUT2D eigenvalue weighted by atomic mass is 16.3. The third kappa shape index (κ3) is 3.09. The Hall–Kier alpha value is -0.120. The standard InChI is InChI=1S/C9H19NO2/c11-5-4-8(7-12)6-10-9-2-1-3-9/h8-12H,1-7H2. The van der Waals surface area contributed by atoms with Crippen LogP contribution >= 0.6 is 0 Å². The van der Waals surface area contributed by atoms with Gasteiger partial charge in [-0.1, -0.05) is 6.42 Å². The highest BCUT2D eigenvalue weighted by Gasteiger charge is 2.17. The molecule has 72 valence electrons. The fourth-order valence-corrected chi connectivity index (χ4v) is 1.39. The molecule has 0 amide bonds. The zero-order valence-corrected chi connectivity index (χ0v) is 7.50. The van der Waals surface area contributed by atoms with E-state index in [1.165, 1.54) is 19.3 Å². The lowest BCUT2D eigenvalue weighted by Crippen LogP contribution is -2.39. The van der Waals surface area contributed by atoms with Gasteiger partial charge in [0.25, 0.3) is 0 Å². The molecule has 12 heavy (non-hydrogen) atoms. The molecule has 1 unspecified atom stereocenters. The van der Waals surface area contributed by atoms with Crippen molar-refractivity contribution in [2.75, 3.05) is 19.8 Å². The zero-order valence-electron chi connectivity index (χ0n) is 7.50. The summed E-state index contributed by atoms with van der Waals surface area (Å²) >= 11 is 0. The molecule has 1 fully saturated rings. The summed E-state index contributed by atoms with van der Waals surface area (Å²) in [5.74, 6) is 0.232. The van der Waals surface area contributed by atoms with Crippen LogP contribution in [0.3, 0.4) is 0 Å². The number of aliphatic hydroxyl groups excluding tert-OH is 2. The van der Waals surface area contributed by atoms with Crippen LogP contribution < -0.4 is 5.32 Å². The number of nitrogens with one attached hydrogen (secondary N) is 1. The van der Waals surface area contributed by atoms with Crippen LogP contribution in [0.4, 0.5) is 0 Å². The van der Waals surface area contributed by atoms with Crippen molar-refractivity contribution in [2.24, 2.45) is 5.92 Å². The summed E-state index contributed by atoms with van der Waals surface area (Å²) < 4.78 is 0. The summed E-state index contributed by atoms with van der Waals surface area (Å²) in [7, 11) is 0. The molecule has 0 aliphatic heterocycles. The maximum absolute atomic E-state index is 8.91. The van der Waals surface area contributed by atoms with Crippen LogP contribution in [0.15, 0.2) is 0 Å². The molecule has 1 aliphatic carbocycles. The van der Waals surface area contributed by atoms with E-state index >= 15 is 0 Å². The summed E-state index contributed by atoms with van der Waals surface area (Å²) in [6.45, 7) is 1.21. The maximum Gasteiger partial charge on any atom is 0.0472 e. The van der Waals surface area contributed by atoms with Gasteiger partial charge >= 0.3 is 0 Å². The van der Waals surface area contributed by atoms with Gasteiger partial charge in [0.2, 0.25) is 0 Å². The van der Waals surface area contributed by atoms with Gasteiger partial charge < -0.3 is 15.5 Å². The molecule has 1 saturated carbocycles. The van der Waals surface area contributed by atoms with E-state index in [2.05, 4.69) is 5.32 Å². The Kier molecular flexibility index (Phi) is 4.58. The molecule has 3 heteroatoms. The van der Waals surface area contributed by atoms with Gasteiger partial charge in [-0.05, 0) is 25.2 Å². The van der Waals surface area contributed by atoms with Crippen LogP contribution in [0.25, 0.3) is 0 Å². The SMILES string of the molecule is OCCC(CO)CNC1CCC1. The summed E-state index contributed by atoms with van der Waals surface area (Å²) in [4.78, 5) is 0. The van der Waals surface area contributed by atoms with Crippen LogP contribution in [-0.4, -0.2) is 36.0 Å². The lowest BCUT2D eigenvalue weighted by Gasteiger charge is -2.28. The largest absolute Gasteiger partial charge is 0.396 e. The molecular formula is C9H19NO2. The van der Waals surface area contributed by atoms with E-state index in [4.69, 9.17) is 10.2 Å². The van der Waals surface area contributed by atoms with Gasteiger partial charge in [-0.15, -0.1) is 0 Å². The van der Waals surface area contributed by atoms with Crippen LogP contribution in [0, 0.1) is 5.92 Å². The van der Waals surface area contributed by atoms with E-state index in [-0.39, 0.29) is 19.1 Å². The third-order valence-electron chi connectivity index (χ3n) is 2.60. The minimum absolute atomic E-state index is 0.178. The molecule has 0 aromatic carbocycles. The maximum atomic E-state index is 8.91. The van der Waals surface area contributed by atoms with Crippen molar-refractivity contribution in [3.63, 3.8) is 0 Å². The molecule has 1 rings (SSSR count). The van der Waals surface area contributed by atoms with Gasteiger partial charge in [0.15, 0.2) is 0 Å². The second kappa shape index (κ2) is 5.51. The van der Waals surface area contributed by atoms with E-state index in [9.17, 15) is 0 Å². The van der Waals surface area contributed by atoms with Crippen molar-refractivity contribution in [3.8, 4) is 0 Å². The molecule has 0 radical (unpaired) electrons. The minimum Gasteiger partial charge on any atom is -0.396 e. The highest BCUT2D eigenvalue weighted by Crippen LogP contribution is 2.18. The molecule has 3 N–H and O–H groups in total. The van der Waals surface area contributed by atoms with Crippen LogP contribution in [-0.2, 0) is 0 Å². The third-order valence-corrected chi connectivity index (χ3v) is 2.60. The topological polar surface area (TPSA) is 52.5 Å². The summed E-state index contributed by atoms with van der Waals surface area (Å²) in [5.41, 5.74) is 0. The Bertz CT molecular complexity index is 115. The molecule has 0 aromatic rings. The summed E-state index contributed by atoms with van der Waals surface area (Å²) in [6.07, 6.45) is 4.59. The minimum atomic E-state index is 0.178. The van der Waals surface area contributed by atoms with E-state index in [1.54, 1.807) is 0 Å². The van der Waals surface area contributed by atoms with Gasteiger partial charge in [-0.25, -0.2) is 0 Å². The monoisotopic (exact) mass is 173 g/mol. The van der Waals surface area contributed by atoms with E-state index in [0.29, 0.717) is 12.5 Å². The summed E-state index contributed by atoms with van der Waals surface area (Å²) in [6, 6.07) is 0.678. The fourth-order valence-electron chi connectivity index (χ4n) is 1.39. The second-order valence-electron chi connectivity index (χ2n) is 3.60. The number of aliphatic hydroxyl groups is 2. The lowest BCUT2D eigenvalue weighted by molar-refractivity contribution is 0.172. The van der Waals surface area contributed by atoms with Gasteiger partial charge in [0.05, 0.1) is 0 Å². The molecule has 0 spiro atoms. The Morgan fingerprint density at radius 1 is 1.33 bits per heavy atom. The number of hydrogen-bond donors (Lipinski definition) is 3. The molecule has 1 aliphatic rings. The van der Waals surface area contributed by atoms with Crippen molar-refractivity contribution in [1.82, 2.24) is 5.32 Å². The molecule has 0 saturated heterocycles. The van der Waals surface area contributed by atoms with Gasteiger partial charge in [-0.2, -0.15) is 0 Å². The average Bonchev–Trinajstić information content (AvgIpc) is 2.00. The average molecular weight is 173 g/mol. The van der Waals surface area contributed by atoms with Crippen molar-refractivity contribution in [2.45, 2.75) is 31.7 Å². The van der Waals surface area contributed by atoms with Crippen molar-refractivity contribution < 1.29 is 10.2 Å². The van der Waals surface area contributed by atoms with Crippen LogP contribution in [0.2, 0.25) is 0 Å². The Balaban J connectivity index is 2.01. The summed E-state index contributed by atoms with van der Waals surface area (Å²) in [5, 5.41) is 21.0. The Labute approximate surface area is 73.8 Å². The first-order valence-electron chi connectivity index (χ1n) is 4.82. The van der Waals surface area contributed by atoms with Gasteiger partial charge in [-0.3, -0.25) is 0 Å². The predicted molar refractivity (Wildman–Crippen MR) is 47.9 cm³/mol. The van der Waals surface area contributed by atoms with Gasteiger partial charge in [0.1, 0.15) is 0 Å². The van der Waals surface area contributed by atoms with Crippen molar-refractivity contribution in [1.29, 1.82) is 0 Å². The van der Waals surface area contributed by atoms with E-state index in [0.717, 1.165) is 6.54 Å². The molecule has 3 nitrogen and oxygen atoms in total. The predicted octanol–water partition coefficient (Wildman–Crippen LogP) is 0.119. The molecule has 0 bridgehead atoms. The van der Waals surface area contributed by atoms with Crippen LogP contribution in [0.5, 0.6) is 0 Å². The van der Waals surface area contributed by atoms with E-state index in [1.807, 2.05) is 0 Å². The van der Waals surface area contributed by atoms with Crippen LogP contribution in [0.1, 0.15) is 25.7 Å². The van der Waals surface area contributed by atoms with Crippen molar-refractivity contribution in [3.05, 3.63) is 0 Å². The molecule has 0 heterocycles. The molecule has 0 aromatic heterocycles. The molecule has 1 atom stereocenters. The number of rotatable bonds is 6.